The SMILES string of the molecule is CNCC(C)C(=O)NC1CCCC(C)C1.Cl. The Morgan fingerprint density at radius 1 is 1.44 bits per heavy atom. The highest BCUT2D eigenvalue weighted by Gasteiger charge is 2.22. The number of nitrogens with one attached hydrogen (secondary N) is 2. The molecule has 0 aromatic rings. The number of hydrogen-bond donors (Lipinski definition) is 2. The zero-order chi connectivity index (χ0) is 11.3. The summed E-state index contributed by atoms with van der Waals surface area (Å²) < 4.78 is 0. The fourth-order valence-electron chi connectivity index (χ4n) is 2.31. The molecule has 1 amide bonds. The minimum absolute atomic E-state index is 0. The van der Waals surface area contributed by atoms with Crippen molar-refractivity contribution in [1.82, 2.24) is 10.6 Å². The first-order chi connectivity index (χ1) is 7.13. The summed E-state index contributed by atoms with van der Waals surface area (Å²) in [6, 6.07) is 0.417. The maximum absolute atomic E-state index is 11.8. The minimum Gasteiger partial charge on any atom is -0.353 e. The lowest BCUT2D eigenvalue weighted by Crippen LogP contribution is -2.42. The van der Waals surface area contributed by atoms with E-state index in [2.05, 4.69) is 17.6 Å². The summed E-state index contributed by atoms with van der Waals surface area (Å²) in [5.74, 6) is 1.04. The molecule has 1 fully saturated rings. The zero-order valence-electron chi connectivity index (χ0n) is 10.6. The molecule has 0 aromatic carbocycles. The number of amides is 1. The van der Waals surface area contributed by atoms with Crippen molar-refractivity contribution < 1.29 is 4.79 Å². The smallest absolute Gasteiger partial charge is 0.224 e. The van der Waals surface area contributed by atoms with Crippen molar-refractivity contribution in [3.8, 4) is 0 Å². The van der Waals surface area contributed by atoms with Gasteiger partial charge in [0.2, 0.25) is 5.91 Å². The van der Waals surface area contributed by atoms with Crippen LogP contribution < -0.4 is 10.6 Å². The molecular weight excluding hydrogens is 224 g/mol. The van der Waals surface area contributed by atoms with Crippen LogP contribution in [0.15, 0.2) is 0 Å². The first kappa shape index (κ1) is 15.7. The lowest BCUT2D eigenvalue weighted by molar-refractivity contribution is -0.125. The van der Waals surface area contributed by atoms with Crippen molar-refractivity contribution in [2.45, 2.75) is 45.6 Å². The molecule has 0 bridgehead atoms. The Morgan fingerprint density at radius 3 is 2.69 bits per heavy atom. The van der Waals surface area contributed by atoms with E-state index in [0.29, 0.717) is 6.04 Å². The molecular formula is C12H25ClN2O. The molecule has 96 valence electrons. The quantitative estimate of drug-likeness (QED) is 0.799. The van der Waals surface area contributed by atoms with Crippen LogP contribution in [0.2, 0.25) is 0 Å². The second-order valence-corrected chi connectivity index (χ2v) is 4.94. The zero-order valence-corrected chi connectivity index (χ0v) is 11.4. The van der Waals surface area contributed by atoms with E-state index in [9.17, 15) is 4.79 Å². The largest absolute Gasteiger partial charge is 0.353 e. The van der Waals surface area contributed by atoms with Crippen LogP contribution in [0.1, 0.15) is 39.5 Å². The summed E-state index contributed by atoms with van der Waals surface area (Å²) in [7, 11) is 1.88. The third kappa shape index (κ3) is 5.17. The second-order valence-electron chi connectivity index (χ2n) is 4.94. The van der Waals surface area contributed by atoms with Crippen LogP contribution in [0.3, 0.4) is 0 Å². The van der Waals surface area contributed by atoms with Crippen LogP contribution in [0, 0.1) is 11.8 Å². The molecule has 0 saturated heterocycles. The van der Waals surface area contributed by atoms with Gasteiger partial charge in [0.25, 0.3) is 0 Å². The third-order valence-corrected chi connectivity index (χ3v) is 3.24. The van der Waals surface area contributed by atoms with Gasteiger partial charge in [-0.05, 0) is 25.8 Å². The Balaban J connectivity index is 0.00000225. The van der Waals surface area contributed by atoms with Gasteiger partial charge in [-0.25, -0.2) is 0 Å². The summed E-state index contributed by atoms with van der Waals surface area (Å²) in [6.07, 6.45) is 4.88. The highest BCUT2D eigenvalue weighted by molar-refractivity contribution is 5.85. The summed E-state index contributed by atoms with van der Waals surface area (Å²) in [5.41, 5.74) is 0. The van der Waals surface area contributed by atoms with Crippen LogP contribution in [-0.4, -0.2) is 25.5 Å². The number of halogens is 1. The van der Waals surface area contributed by atoms with Crippen molar-refractivity contribution in [1.29, 1.82) is 0 Å². The Labute approximate surface area is 105 Å². The molecule has 1 aliphatic carbocycles. The topological polar surface area (TPSA) is 41.1 Å². The van der Waals surface area contributed by atoms with E-state index in [1.807, 2.05) is 14.0 Å². The lowest BCUT2D eigenvalue weighted by Gasteiger charge is -2.28. The van der Waals surface area contributed by atoms with Crippen molar-refractivity contribution in [2.24, 2.45) is 11.8 Å². The van der Waals surface area contributed by atoms with Crippen LogP contribution in [0.25, 0.3) is 0 Å². The summed E-state index contributed by atoms with van der Waals surface area (Å²) >= 11 is 0. The molecule has 0 radical (unpaired) electrons. The molecule has 0 spiro atoms. The maximum atomic E-state index is 11.8. The Kier molecular flexibility index (Phi) is 7.77. The van der Waals surface area contributed by atoms with Crippen LogP contribution in [0.4, 0.5) is 0 Å². The van der Waals surface area contributed by atoms with Crippen molar-refractivity contribution in [3.05, 3.63) is 0 Å². The summed E-state index contributed by atoms with van der Waals surface area (Å²) in [6.45, 7) is 5.00. The molecule has 1 rings (SSSR count). The van der Waals surface area contributed by atoms with Crippen LogP contribution in [-0.2, 0) is 4.79 Å². The standard InChI is InChI=1S/C12H24N2O.ClH/c1-9-5-4-6-11(7-9)14-12(15)10(2)8-13-3;/h9-11,13H,4-8H2,1-3H3,(H,14,15);1H. The number of carbonyl (C=O) groups excluding carboxylic acids is 1. The monoisotopic (exact) mass is 248 g/mol. The molecule has 2 N–H and O–H groups in total. The van der Waals surface area contributed by atoms with E-state index in [0.717, 1.165) is 25.3 Å². The van der Waals surface area contributed by atoms with Crippen LogP contribution >= 0.6 is 12.4 Å². The Morgan fingerprint density at radius 2 is 2.12 bits per heavy atom. The minimum atomic E-state index is 0. The molecule has 0 heterocycles. The van der Waals surface area contributed by atoms with Gasteiger partial charge in [-0.2, -0.15) is 0 Å². The Hall–Kier alpha value is -0.280. The highest BCUT2D eigenvalue weighted by Crippen LogP contribution is 2.23. The van der Waals surface area contributed by atoms with Gasteiger partial charge < -0.3 is 10.6 Å². The van der Waals surface area contributed by atoms with Gasteiger partial charge in [0.05, 0.1) is 0 Å². The Bertz CT molecular complexity index is 211. The predicted molar refractivity (Wildman–Crippen MR) is 69.9 cm³/mol. The van der Waals surface area contributed by atoms with Gasteiger partial charge in [-0.3, -0.25) is 4.79 Å². The van der Waals surface area contributed by atoms with Gasteiger partial charge >= 0.3 is 0 Å². The number of carbonyl (C=O) groups is 1. The molecule has 1 saturated carbocycles. The van der Waals surface area contributed by atoms with E-state index in [1.165, 1.54) is 12.8 Å². The van der Waals surface area contributed by atoms with Crippen molar-refractivity contribution in [2.75, 3.05) is 13.6 Å². The van der Waals surface area contributed by atoms with Crippen molar-refractivity contribution >= 4 is 18.3 Å². The lowest BCUT2D eigenvalue weighted by atomic mass is 9.87. The fourth-order valence-corrected chi connectivity index (χ4v) is 2.31. The molecule has 3 atom stereocenters. The molecule has 0 aromatic heterocycles. The molecule has 3 nitrogen and oxygen atoms in total. The van der Waals surface area contributed by atoms with E-state index in [-0.39, 0.29) is 24.2 Å². The maximum Gasteiger partial charge on any atom is 0.224 e. The molecule has 0 aliphatic heterocycles. The second kappa shape index (κ2) is 7.91. The van der Waals surface area contributed by atoms with E-state index < -0.39 is 0 Å². The molecule has 16 heavy (non-hydrogen) atoms. The van der Waals surface area contributed by atoms with Crippen molar-refractivity contribution in [3.63, 3.8) is 0 Å². The first-order valence-corrected chi connectivity index (χ1v) is 6.08. The van der Waals surface area contributed by atoms with Gasteiger partial charge in [0.1, 0.15) is 0 Å². The molecule has 4 heteroatoms. The number of hydrogen-bond acceptors (Lipinski definition) is 2. The average molecular weight is 249 g/mol. The highest BCUT2D eigenvalue weighted by atomic mass is 35.5. The fraction of sp³-hybridized carbons (Fsp3) is 0.917. The normalized spacial score (nSPS) is 26.7. The summed E-state index contributed by atoms with van der Waals surface area (Å²) in [5, 5.41) is 6.19. The molecule has 3 unspecified atom stereocenters. The van der Waals surface area contributed by atoms with E-state index in [4.69, 9.17) is 0 Å². The van der Waals surface area contributed by atoms with E-state index >= 15 is 0 Å². The van der Waals surface area contributed by atoms with Gasteiger partial charge in [0.15, 0.2) is 0 Å². The number of rotatable bonds is 4. The average Bonchev–Trinajstić information content (AvgIpc) is 2.18. The molecule has 1 aliphatic rings. The van der Waals surface area contributed by atoms with Gasteiger partial charge in [-0.15, -0.1) is 12.4 Å². The van der Waals surface area contributed by atoms with Gasteiger partial charge in [0, 0.05) is 18.5 Å². The third-order valence-electron chi connectivity index (χ3n) is 3.24. The summed E-state index contributed by atoms with van der Waals surface area (Å²) in [4.78, 5) is 11.8. The first-order valence-electron chi connectivity index (χ1n) is 6.08. The predicted octanol–water partition coefficient (Wildman–Crippen LogP) is 1.96. The van der Waals surface area contributed by atoms with Crippen LogP contribution in [0.5, 0.6) is 0 Å². The van der Waals surface area contributed by atoms with E-state index in [1.54, 1.807) is 0 Å². The van der Waals surface area contributed by atoms with Gasteiger partial charge in [-0.1, -0.05) is 26.7 Å².